The molecule has 3 amide bonds. The summed E-state index contributed by atoms with van der Waals surface area (Å²) in [6.45, 7) is -0.362. The highest BCUT2D eigenvalue weighted by Gasteiger charge is 2.36. The third kappa shape index (κ3) is 3.00. The smallest absolute Gasteiger partial charge is 0.262 e. The van der Waals surface area contributed by atoms with Crippen LogP contribution in [0.25, 0.3) is 0 Å². The van der Waals surface area contributed by atoms with Crippen molar-refractivity contribution in [1.82, 2.24) is 4.90 Å². The molecule has 0 spiro atoms. The highest BCUT2D eigenvalue weighted by molar-refractivity contribution is 9.10. The van der Waals surface area contributed by atoms with Gasteiger partial charge in [0.2, 0.25) is 5.91 Å². The molecule has 0 aromatic heterocycles. The number of hydrogen-bond acceptors (Lipinski definition) is 3. The maximum Gasteiger partial charge on any atom is 0.262 e. The Morgan fingerprint density at radius 3 is 2.26 bits per heavy atom. The van der Waals surface area contributed by atoms with Crippen LogP contribution in [0.3, 0.4) is 0 Å². The van der Waals surface area contributed by atoms with Crippen LogP contribution >= 0.6 is 27.5 Å². The average Bonchev–Trinajstić information content (AvgIpc) is 2.76. The second-order valence-corrected chi connectivity index (χ2v) is 6.24. The van der Waals surface area contributed by atoms with Crippen LogP contribution in [0.1, 0.15) is 20.7 Å². The van der Waals surface area contributed by atoms with Crippen molar-refractivity contribution >= 4 is 50.9 Å². The van der Waals surface area contributed by atoms with Crippen LogP contribution in [0, 0.1) is 0 Å². The second kappa shape index (κ2) is 6.14. The fraction of sp³-hybridized carbons (Fsp3) is 0.0625. The maximum absolute atomic E-state index is 12.2. The topological polar surface area (TPSA) is 66.5 Å². The second-order valence-electron chi connectivity index (χ2n) is 4.91. The molecule has 2 aromatic rings. The number of rotatable bonds is 3. The predicted octanol–water partition coefficient (Wildman–Crippen LogP) is 3.34. The number of nitrogens with one attached hydrogen (secondary N) is 1. The standard InChI is InChI=1S/C16H10BrClN2O3/c17-9-5-6-13(12(18)7-9)19-14(21)8-20-15(22)10-3-1-2-4-11(10)16(20)23/h1-7H,8H2,(H,19,21). The minimum atomic E-state index is -0.497. The summed E-state index contributed by atoms with van der Waals surface area (Å²) in [4.78, 5) is 37.4. The Balaban J connectivity index is 1.74. The lowest BCUT2D eigenvalue weighted by molar-refractivity contribution is -0.116. The Hall–Kier alpha value is -2.18. The largest absolute Gasteiger partial charge is 0.323 e. The minimum absolute atomic E-state index is 0.312. The Bertz CT molecular complexity index is 803. The lowest BCUT2D eigenvalue weighted by Gasteiger charge is -2.14. The van der Waals surface area contributed by atoms with E-state index in [1.807, 2.05) is 0 Å². The fourth-order valence-corrected chi connectivity index (χ4v) is 3.03. The molecule has 0 saturated carbocycles. The van der Waals surface area contributed by atoms with Gasteiger partial charge in [0.25, 0.3) is 11.8 Å². The number of imide groups is 1. The number of anilines is 1. The van der Waals surface area contributed by atoms with Gasteiger partial charge in [0.15, 0.2) is 0 Å². The van der Waals surface area contributed by atoms with Crippen LogP contribution in [0.5, 0.6) is 0 Å². The number of carbonyl (C=O) groups excluding carboxylic acids is 3. The first-order valence-corrected chi connectivity index (χ1v) is 7.84. The van der Waals surface area contributed by atoms with Gasteiger partial charge in [-0.3, -0.25) is 19.3 Å². The van der Waals surface area contributed by atoms with Crippen molar-refractivity contribution in [2.75, 3.05) is 11.9 Å². The van der Waals surface area contributed by atoms with Gasteiger partial charge in [-0.05, 0) is 30.3 Å². The van der Waals surface area contributed by atoms with E-state index >= 15 is 0 Å². The lowest BCUT2D eigenvalue weighted by Crippen LogP contribution is -2.37. The molecule has 0 atom stereocenters. The molecule has 0 radical (unpaired) electrons. The SMILES string of the molecule is O=C(CN1C(=O)c2ccccc2C1=O)Nc1ccc(Br)cc1Cl. The Morgan fingerprint density at radius 2 is 1.70 bits per heavy atom. The van der Waals surface area contributed by atoms with Crippen molar-refractivity contribution in [3.8, 4) is 0 Å². The molecule has 2 aromatic carbocycles. The summed E-state index contributed by atoms with van der Waals surface area (Å²) in [5, 5.41) is 2.95. The third-order valence-corrected chi connectivity index (χ3v) is 4.19. The summed E-state index contributed by atoms with van der Waals surface area (Å²) in [6.07, 6.45) is 0. The van der Waals surface area contributed by atoms with E-state index in [9.17, 15) is 14.4 Å². The molecule has 23 heavy (non-hydrogen) atoms. The van der Waals surface area contributed by atoms with Crippen molar-refractivity contribution in [2.24, 2.45) is 0 Å². The summed E-state index contributed by atoms with van der Waals surface area (Å²) < 4.78 is 0.779. The molecule has 1 aliphatic rings. The van der Waals surface area contributed by atoms with Gasteiger partial charge in [-0.25, -0.2) is 0 Å². The number of fused-ring (bicyclic) bond motifs is 1. The number of amides is 3. The predicted molar refractivity (Wildman–Crippen MR) is 89.6 cm³/mol. The number of benzene rings is 2. The van der Waals surface area contributed by atoms with Crippen molar-refractivity contribution in [2.45, 2.75) is 0 Å². The molecule has 7 heteroatoms. The van der Waals surface area contributed by atoms with Crippen LogP contribution in [0.4, 0.5) is 5.69 Å². The highest BCUT2D eigenvalue weighted by Crippen LogP contribution is 2.26. The molecule has 1 N–H and O–H groups in total. The fourth-order valence-electron chi connectivity index (χ4n) is 2.31. The van der Waals surface area contributed by atoms with Gasteiger partial charge in [-0.15, -0.1) is 0 Å². The molecule has 0 unspecified atom stereocenters. The molecule has 1 heterocycles. The molecule has 0 fully saturated rings. The summed E-state index contributed by atoms with van der Waals surface area (Å²) in [7, 11) is 0. The van der Waals surface area contributed by atoms with Gasteiger partial charge in [-0.1, -0.05) is 39.7 Å². The number of nitrogens with zero attached hydrogens (tertiary/aromatic N) is 1. The van der Waals surface area contributed by atoms with E-state index in [-0.39, 0.29) is 6.54 Å². The number of halogens is 2. The minimum Gasteiger partial charge on any atom is -0.323 e. The van der Waals surface area contributed by atoms with Crippen LogP contribution in [0.15, 0.2) is 46.9 Å². The van der Waals surface area contributed by atoms with Crippen molar-refractivity contribution < 1.29 is 14.4 Å². The van der Waals surface area contributed by atoms with Gasteiger partial charge in [0, 0.05) is 4.47 Å². The van der Waals surface area contributed by atoms with E-state index < -0.39 is 17.7 Å². The zero-order chi connectivity index (χ0) is 16.6. The van der Waals surface area contributed by atoms with Crippen LogP contribution < -0.4 is 5.32 Å². The first-order chi connectivity index (χ1) is 11.0. The quantitative estimate of drug-likeness (QED) is 0.813. The summed E-state index contributed by atoms with van der Waals surface area (Å²) in [5.41, 5.74) is 1.04. The van der Waals surface area contributed by atoms with Crippen LogP contribution in [0.2, 0.25) is 5.02 Å². The lowest BCUT2D eigenvalue weighted by atomic mass is 10.1. The van der Waals surface area contributed by atoms with Crippen molar-refractivity contribution in [3.63, 3.8) is 0 Å². The summed E-state index contributed by atoms with van der Waals surface area (Å²) in [6, 6.07) is 11.5. The first kappa shape index (κ1) is 15.7. The molecule has 0 bridgehead atoms. The zero-order valence-corrected chi connectivity index (χ0v) is 14.0. The monoisotopic (exact) mass is 392 g/mol. The van der Waals surface area contributed by atoms with E-state index in [2.05, 4.69) is 21.2 Å². The number of carbonyl (C=O) groups is 3. The Kier molecular flexibility index (Phi) is 4.19. The molecule has 3 rings (SSSR count). The van der Waals surface area contributed by atoms with Crippen LogP contribution in [-0.4, -0.2) is 29.2 Å². The third-order valence-electron chi connectivity index (χ3n) is 3.39. The van der Waals surface area contributed by atoms with E-state index in [4.69, 9.17) is 11.6 Å². The van der Waals surface area contributed by atoms with E-state index in [1.165, 1.54) is 0 Å². The van der Waals surface area contributed by atoms with Crippen molar-refractivity contribution in [1.29, 1.82) is 0 Å². The zero-order valence-electron chi connectivity index (χ0n) is 11.7. The van der Waals surface area contributed by atoms with E-state index in [1.54, 1.807) is 42.5 Å². The molecule has 0 saturated heterocycles. The maximum atomic E-state index is 12.2. The molecule has 116 valence electrons. The van der Waals surface area contributed by atoms with Gasteiger partial charge >= 0.3 is 0 Å². The molecular formula is C16H10BrClN2O3. The summed E-state index contributed by atoms with van der Waals surface area (Å²) >= 11 is 9.30. The molecule has 5 nitrogen and oxygen atoms in total. The molecular weight excluding hydrogens is 384 g/mol. The van der Waals surface area contributed by atoms with E-state index in [0.717, 1.165) is 9.37 Å². The first-order valence-electron chi connectivity index (χ1n) is 6.67. The van der Waals surface area contributed by atoms with Gasteiger partial charge < -0.3 is 5.32 Å². The van der Waals surface area contributed by atoms with Crippen molar-refractivity contribution in [3.05, 3.63) is 63.1 Å². The van der Waals surface area contributed by atoms with E-state index in [0.29, 0.717) is 21.8 Å². The highest BCUT2D eigenvalue weighted by atomic mass is 79.9. The Morgan fingerprint density at radius 1 is 1.09 bits per heavy atom. The molecule has 1 aliphatic heterocycles. The summed E-state index contributed by atoms with van der Waals surface area (Å²) in [5.74, 6) is -1.44. The Labute approximate surface area is 145 Å². The normalized spacial score (nSPS) is 13.2. The van der Waals surface area contributed by atoms with Gasteiger partial charge in [0.1, 0.15) is 6.54 Å². The van der Waals surface area contributed by atoms with Crippen LogP contribution in [-0.2, 0) is 4.79 Å². The molecule has 0 aliphatic carbocycles. The van der Waals surface area contributed by atoms with Gasteiger partial charge in [0.05, 0.1) is 21.8 Å². The van der Waals surface area contributed by atoms with Gasteiger partial charge in [-0.2, -0.15) is 0 Å². The number of hydrogen-bond donors (Lipinski definition) is 1. The average molecular weight is 394 g/mol.